The molecule has 3 aromatic rings. The van der Waals surface area contributed by atoms with Crippen LogP contribution in [0.2, 0.25) is 0 Å². The molecule has 0 aromatic heterocycles. The Balaban J connectivity index is 1.55. The van der Waals surface area contributed by atoms with Crippen molar-refractivity contribution >= 4 is 15.9 Å². The van der Waals surface area contributed by atoms with Crippen molar-refractivity contribution in [1.82, 2.24) is 10.0 Å². The molecule has 0 saturated heterocycles. The monoisotopic (exact) mass is 466 g/mol. The third-order valence-electron chi connectivity index (χ3n) is 5.33. The van der Waals surface area contributed by atoms with Gasteiger partial charge in [-0.25, -0.2) is 13.1 Å². The van der Waals surface area contributed by atoms with Crippen molar-refractivity contribution in [2.24, 2.45) is 0 Å². The van der Waals surface area contributed by atoms with E-state index < -0.39 is 10.0 Å². The van der Waals surface area contributed by atoms with E-state index in [1.807, 2.05) is 36.4 Å². The zero-order valence-electron chi connectivity index (χ0n) is 19.4. The van der Waals surface area contributed by atoms with Crippen LogP contribution in [0.1, 0.15) is 47.8 Å². The van der Waals surface area contributed by atoms with Crippen molar-refractivity contribution in [3.63, 3.8) is 0 Å². The molecule has 0 spiro atoms. The number of hydrogen-bond acceptors (Lipinski definition) is 4. The fourth-order valence-electron chi connectivity index (χ4n) is 3.20. The molecule has 174 valence electrons. The SMILES string of the molecule is COc1ccc(CNC(=O)c2ccc(CNS(=O)(=O)c3ccc(C(C)(C)C)cc3)cc2)cc1. The molecular formula is C26H30N2O4S. The maximum absolute atomic E-state index is 12.6. The Morgan fingerprint density at radius 1 is 0.818 bits per heavy atom. The Morgan fingerprint density at radius 2 is 1.36 bits per heavy atom. The van der Waals surface area contributed by atoms with Crippen LogP contribution in [-0.2, 0) is 28.5 Å². The topological polar surface area (TPSA) is 84.5 Å². The maximum Gasteiger partial charge on any atom is 0.251 e. The van der Waals surface area contributed by atoms with E-state index in [0.717, 1.165) is 22.4 Å². The zero-order chi connectivity index (χ0) is 24.1. The van der Waals surface area contributed by atoms with Crippen molar-refractivity contribution in [3.8, 4) is 5.75 Å². The number of amides is 1. The van der Waals surface area contributed by atoms with Crippen LogP contribution in [0.25, 0.3) is 0 Å². The molecule has 0 saturated carbocycles. The number of hydrogen-bond donors (Lipinski definition) is 2. The molecule has 0 heterocycles. The van der Waals surface area contributed by atoms with Crippen LogP contribution < -0.4 is 14.8 Å². The molecule has 33 heavy (non-hydrogen) atoms. The molecule has 0 unspecified atom stereocenters. The standard InChI is InChI=1S/C26H30N2O4S/c1-26(2,3)22-11-15-24(16-12-22)33(30,31)28-18-20-5-9-21(10-6-20)25(29)27-17-19-7-13-23(32-4)14-8-19/h5-16,28H,17-18H2,1-4H3,(H,27,29). The van der Waals surface area contributed by atoms with Gasteiger partial charge >= 0.3 is 0 Å². The van der Waals surface area contributed by atoms with Gasteiger partial charge in [0.15, 0.2) is 0 Å². The predicted molar refractivity (Wildman–Crippen MR) is 130 cm³/mol. The second kappa shape index (κ2) is 10.2. The van der Waals surface area contributed by atoms with E-state index in [2.05, 4.69) is 30.8 Å². The Labute approximate surface area is 196 Å². The number of sulfonamides is 1. The quantitative estimate of drug-likeness (QED) is 0.515. The number of nitrogens with one attached hydrogen (secondary N) is 2. The summed E-state index contributed by atoms with van der Waals surface area (Å²) >= 11 is 0. The summed E-state index contributed by atoms with van der Waals surface area (Å²) in [5.41, 5.74) is 3.26. The minimum Gasteiger partial charge on any atom is -0.497 e. The minimum atomic E-state index is -3.63. The van der Waals surface area contributed by atoms with Gasteiger partial charge in [0.05, 0.1) is 12.0 Å². The first-order chi connectivity index (χ1) is 15.6. The van der Waals surface area contributed by atoms with Crippen molar-refractivity contribution in [3.05, 3.63) is 95.1 Å². The molecule has 0 aliphatic heterocycles. The van der Waals surface area contributed by atoms with Crippen LogP contribution in [0.15, 0.2) is 77.7 Å². The second-order valence-electron chi connectivity index (χ2n) is 8.83. The Bertz CT molecular complexity index is 1180. The number of rotatable bonds is 8. The summed E-state index contributed by atoms with van der Waals surface area (Å²) in [5.74, 6) is 0.565. The highest BCUT2D eigenvalue weighted by molar-refractivity contribution is 7.89. The van der Waals surface area contributed by atoms with Gasteiger partial charge in [0.2, 0.25) is 10.0 Å². The molecule has 0 aliphatic carbocycles. The van der Waals surface area contributed by atoms with Gasteiger partial charge in [0.1, 0.15) is 5.75 Å². The Hall–Kier alpha value is -3.16. The molecule has 0 bridgehead atoms. The van der Waals surface area contributed by atoms with E-state index in [0.29, 0.717) is 12.1 Å². The summed E-state index contributed by atoms with van der Waals surface area (Å²) in [4.78, 5) is 12.6. The third kappa shape index (κ3) is 6.66. The highest BCUT2D eigenvalue weighted by atomic mass is 32.2. The molecule has 1 amide bonds. The van der Waals surface area contributed by atoms with Gasteiger partial charge < -0.3 is 10.1 Å². The lowest BCUT2D eigenvalue weighted by atomic mass is 9.87. The van der Waals surface area contributed by atoms with Crippen LogP contribution in [0, 0.1) is 0 Å². The number of carbonyl (C=O) groups excluding carboxylic acids is 1. The highest BCUT2D eigenvalue weighted by Crippen LogP contribution is 2.23. The van der Waals surface area contributed by atoms with Crippen molar-refractivity contribution in [2.45, 2.75) is 44.2 Å². The van der Waals surface area contributed by atoms with Gasteiger partial charge in [0.25, 0.3) is 5.91 Å². The molecule has 2 N–H and O–H groups in total. The molecule has 7 heteroatoms. The first kappa shape index (κ1) is 24.5. The zero-order valence-corrected chi connectivity index (χ0v) is 20.2. The van der Waals surface area contributed by atoms with E-state index in [1.165, 1.54) is 0 Å². The summed E-state index contributed by atoms with van der Waals surface area (Å²) in [6, 6.07) is 21.3. The van der Waals surface area contributed by atoms with Gasteiger partial charge in [-0.15, -0.1) is 0 Å². The molecular weight excluding hydrogens is 436 g/mol. The van der Waals surface area contributed by atoms with E-state index in [9.17, 15) is 13.2 Å². The van der Waals surface area contributed by atoms with Crippen molar-refractivity contribution in [2.75, 3.05) is 7.11 Å². The summed E-state index contributed by atoms with van der Waals surface area (Å²) in [6.07, 6.45) is 0. The number of carbonyl (C=O) groups is 1. The number of methoxy groups -OCH3 is 1. The van der Waals surface area contributed by atoms with Crippen LogP contribution >= 0.6 is 0 Å². The molecule has 0 fully saturated rings. The third-order valence-corrected chi connectivity index (χ3v) is 6.74. The fraction of sp³-hybridized carbons (Fsp3) is 0.269. The average Bonchev–Trinajstić information content (AvgIpc) is 2.81. The summed E-state index contributed by atoms with van der Waals surface area (Å²) in [6.45, 7) is 6.78. The predicted octanol–water partition coefficient (Wildman–Crippen LogP) is 4.40. The van der Waals surface area contributed by atoms with Crippen molar-refractivity contribution < 1.29 is 17.9 Å². The molecule has 0 radical (unpaired) electrons. The average molecular weight is 467 g/mol. The molecule has 0 aliphatic rings. The van der Waals surface area contributed by atoms with Gasteiger partial charge in [-0.2, -0.15) is 0 Å². The number of ether oxygens (including phenoxy) is 1. The molecule has 6 nitrogen and oxygen atoms in total. The van der Waals surface area contributed by atoms with E-state index >= 15 is 0 Å². The highest BCUT2D eigenvalue weighted by Gasteiger charge is 2.17. The minimum absolute atomic E-state index is 0.0433. The smallest absolute Gasteiger partial charge is 0.251 e. The van der Waals surface area contributed by atoms with Crippen LogP contribution in [0.3, 0.4) is 0 Å². The lowest BCUT2D eigenvalue weighted by Gasteiger charge is -2.19. The second-order valence-corrected chi connectivity index (χ2v) is 10.6. The summed E-state index contributed by atoms with van der Waals surface area (Å²) in [5, 5.41) is 2.87. The molecule has 3 rings (SSSR count). The van der Waals surface area contributed by atoms with Crippen LogP contribution in [-0.4, -0.2) is 21.4 Å². The first-order valence-electron chi connectivity index (χ1n) is 10.7. The van der Waals surface area contributed by atoms with Gasteiger partial charge in [-0.1, -0.05) is 57.2 Å². The molecule has 3 aromatic carbocycles. The lowest BCUT2D eigenvalue weighted by molar-refractivity contribution is 0.0951. The van der Waals surface area contributed by atoms with E-state index in [-0.39, 0.29) is 22.8 Å². The fourth-order valence-corrected chi connectivity index (χ4v) is 4.22. The van der Waals surface area contributed by atoms with Crippen LogP contribution in [0.4, 0.5) is 0 Å². The largest absolute Gasteiger partial charge is 0.497 e. The molecule has 0 atom stereocenters. The van der Waals surface area contributed by atoms with E-state index in [4.69, 9.17) is 4.74 Å². The lowest BCUT2D eigenvalue weighted by Crippen LogP contribution is -2.24. The van der Waals surface area contributed by atoms with Crippen molar-refractivity contribution in [1.29, 1.82) is 0 Å². The van der Waals surface area contributed by atoms with Crippen LogP contribution in [0.5, 0.6) is 5.75 Å². The van der Waals surface area contributed by atoms with Gasteiger partial charge in [-0.05, 0) is 58.5 Å². The Morgan fingerprint density at radius 3 is 1.91 bits per heavy atom. The van der Waals surface area contributed by atoms with Gasteiger partial charge in [0, 0.05) is 18.7 Å². The van der Waals surface area contributed by atoms with E-state index in [1.54, 1.807) is 43.5 Å². The first-order valence-corrected chi connectivity index (χ1v) is 12.2. The Kier molecular flexibility index (Phi) is 7.56. The summed E-state index contributed by atoms with van der Waals surface area (Å²) in [7, 11) is -2.02. The normalized spacial score (nSPS) is 11.8. The maximum atomic E-state index is 12.6. The van der Waals surface area contributed by atoms with Gasteiger partial charge in [-0.3, -0.25) is 4.79 Å². The number of benzene rings is 3. The summed E-state index contributed by atoms with van der Waals surface area (Å²) < 4.78 is 33.0.